The summed E-state index contributed by atoms with van der Waals surface area (Å²) >= 11 is 3.34. The highest BCUT2D eigenvalue weighted by Crippen LogP contribution is 2.13. The summed E-state index contributed by atoms with van der Waals surface area (Å²) in [4.78, 5) is 12.0. The van der Waals surface area contributed by atoms with E-state index in [-0.39, 0.29) is 11.9 Å². The maximum absolute atomic E-state index is 12.0. The molecule has 0 fully saturated rings. The first-order valence-corrected chi connectivity index (χ1v) is 6.46. The van der Waals surface area contributed by atoms with Crippen LogP contribution in [0.25, 0.3) is 0 Å². The van der Waals surface area contributed by atoms with Crippen molar-refractivity contribution in [1.82, 2.24) is 0 Å². The summed E-state index contributed by atoms with van der Waals surface area (Å²) in [5.74, 6) is 0.0242. The van der Waals surface area contributed by atoms with E-state index in [0.717, 1.165) is 17.3 Å². The summed E-state index contributed by atoms with van der Waals surface area (Å²) in [7, 11) is 0. The number of ketones is 1. The van der Waals surface area contributed by atoms with E-state index in [4.69, 9.17) is 4.74 Å². The van der Waals surface area contributed by atoms with Crippen molar-refractivity contribution in [2.45, 2.75) is 25.9 Å². The molecule has 1 atom stereocenters. The van der Waals surface area contributed by atoms with Gasteiger partial charge in [-0.2, -0.15) is 0 Å². The first-order valence-electron chi connectivity index (χ1n) is 5.67. The lowest BCUT2D eigenvalue weighted by molar-refractivity contribution is 0.0471. The fraction of sp³-hybridized carbons (Fsp3) is 0.357. The number of ether oxygens (including phenoxy) is 1. The zero-order chi connectivity index (χ0) is 12.7. The minimum absolute atomic E-state index is 0.0242. The van der Waals surface area contributed by atoms with Gasteiger partial charge in [0, 0.05) is 16.6 Å². The van der Waals surface area contributed by atoms with Crippen LogP contribution >= 0.6 is 15.9 Å². The lowest BCUT2D eigenvalue weighted by atomic mass is 10.1. The van der Waals surface area contributed by atoms with Crippen molar-refractivity contribution in [3.63, 3.8) is 0 Å². The average Bonchev–Trinajstić information content (AvgIpc) is 2.34. The normalized spacial score (nSPS) is 12.1. The molecule has 0 radical (unpaired) electrons. The van der Waals surface area contributed by atoms with E-state index in [2.05, 4.69) is 22.5 Å². The molecule has 2 nitrogen and oxygen atoms in total. The van der Waals surface area contributed by atoms with Gasteiger partial charge in [0.05, 0.1) is 0 Å². The van der Waals surface area contributed by atoms with E-state index in [1.165, 1.54) is 0 Å². The van der Waals surface area contributed by atoms with Crippen LogP contribution in [-0.2, 0) is 4.74 Å². The summed E-state index contributed by atoms with van der Waals surface area (Å²) in [6.07, 6.45) is 3.28. The van der Waals surface area contributed by atoms with Crippen LogP contribution in [0.4, 0.5) is 0 Å². The molecule has 0 bridgehead atoms. The van der Waals surface area contributed by atoms with E-state index < -0.39 is 0 Å². The third-order valence-electron chi connectivity index (χ3n) is 2.42. The Morgan fingerprint density at radius 1 is 1.47 bits per heavy atom. The molecule has 0 amide bonds. The molecule has 17 heavy (non-hydrogen) atoms. The largest absolute Gasteiger partial charge is 0.370 e. The Bertz CT molecular complexity index is 370. The maximum Gasteiger partial charge on any atom is 0.191 e. The lowest BCUT2D eigenvalue weighted by Gasteiger charge is -2.11. The lowest BCUT2D eigenvalue weighted by Crippen LogP contribution is -2.21. The fourth-order valence-corrected chi connectivity index (χ4v) is 1.68. The van der Waals surface area contributed by atoms with Crippen LogP contribution in [0.3, 0.4) is 0 Å². The second kappa shape index (κ2) is 7.41. The highest BCUT2D eigenvalue weighted by atomic mass is 79.9. The van der Waals surface area contributed by atoms with Gasteiger partial charge in [0.25, 0.3) is 0 Å². The van der Waals surface area contributed by atoms with Crippen LogP contribution in [0.1, 0.15) is 30.1 Å². The molecule has 0 aliphatic heterocycles. The third-order valence-corrected chi connectivity index (χ3v) is 2.95. The smallest absolute Gasteiger partial charge is 0.191 e. The van der Waals surface area contributed by atoms with Gasteiger partial charge in [-0.05, 0) is 31.9 Å². The van der Waals surface area contributed by atoms with Crippen molar-refractivity contribution in [3.8, 4) is 0 Å². The van der Waals surface area contributed by atoms with Crippen LogP contribution < -0.4 is 0 Å². The molecule has 0 saturated heterocycles. The summed E-state index contributed by atoms with van der Waals surface area (Å²) in [6, 6.07) is 7.32. The van der Waals surface area contributed by atoms with Crippen LogP contribution in [0, 0.1) is 0 Å². The zero-order valence-corrected chi connectivity index (χ0v) is 11.6. The average molecular weight is 297 g/mol. The zero-order valence-electron chi connectivity index (χ0n) is 9.99. The fourth-order valence-electron chi connectivity index (χ4n) is 1.41. The Morgan fingerprint density at radius 3 is 2.71 bits per heavy atom. The summed E-state index contributed by atoms with van der Waals surface area (Å²) in [6.45, 7) is 6.02. The molecular formula is C14H17BrO2. The van der Waals surface area contributed by atoms with Gasteiger partial charge in [-0.1, -0.05) is 34.1 Å². The number of rotatable bonds is 7. The first-order chi connectivity index (χ1) is 8.15. The molecule has 0 heterocycles. The van der Waals surface area contributed by atoms with Crippen molar-refractivity contribution in [2.75, 3.05) is 6.61 Å². The van der Waals surface area contributed by atoms with Crippen LogP contribution in [0.2, 0.25) is 0 Å². The Morgan fingerprint density at radius 2 is 2.12 bits per heavy atom. The molecule has 1 unspecified atom stereocenters. The van der Waals surface area contributed by atoms with Crippen LogP contribution in [-0.4, -0.2) is 18.5 Å². The molecule has 0 saturated carbocycles. The monoisotopic (exact) mass is 296 g/mol. The summed E-state index contributed by atoms with van der Waals surface area (Å²) < 4.78 is 6.45. The van der Waals surface area contributed by atoms with Crippen molar-refractivity contribution in [1.29, 1.82) is 0 Å². The van der Waals surface area contributed by atoms with Gasteiger partial charge in [0.15, 0.2) is 5.78 Å². The second-order valence-electron chi connectivity index (χ2n) is 3.82. The van der Waals surface area contributed by atoms with Crippen LogP contribution in [0.5, 0.6) is 0 Å². The van der Waals surface area contributed by atoms with Gasteiger partial charge in [-0.25, -0.2) is 0 Å². The molecule has 0 N–H and O–H groups in total. The van der Waals surface area contributed by atoms with Crippen molar-refractivity contribution < 1.29 is 9.53 Å². The topological polar surface area (TPSA) is 26.3 Å². The van der Waals surface area contributed by atoms with Gasteiger partial charge in [0.1, 0.15) is 6.10 Å². The number of hydrogen-bond donors (Lipinski definition) is 0. The number of halogens is 1. The molecular weight excluding hydrogens is 280 g/mol. The molecule has 1 aromatic carbocycles. The molecule has 92 valence electrons. The minimum atomic E-state index is -0.388. The van der Waals surface area contributed by atoms with E-state index in [0.29, 0.717) is 12.2 Å². The molecule has 0 aromatic heterocycles. The quantitative estimate of drug-likeness (QED) is 0.432. The number of carbonyl (C=O) groups excluding carboxylic acids is 1. The van der Waals surface area contributed by atoms with Gasteiger partial charge < -0.3 is 4.74 Å². The van der Waals surface area contributed by atoms with Gasteiger partial charge in [-0.15, -0.1) is 6.58 Å². The predicted octanol–water partition coefficient (Wildman–Crippen LogP) is 4.00. The second-order valence-corrected chi connectivity index (χ2v) is 4.73. The summed E-state index contributed by atoms with van der Waals surface area (Å²) in [5, 5.41) is 0. The van der Waals surface area contributed by atoms with Gasteiger partial charge in [-0.3, -0.25) is 4.79 Å². The van der Waals surface area contributed by atoms with E-state index >= 15 is 0 Å². The Labute approximate surface area is 111 Å². The SMILES string of the molecule is C=CCCCOC(C)C(=O)c1ccc(Br)cc1. The van der Waals surface area contributed by atoms with Crippen molar-refractivity contribution in [3.05, 3.63) is 47.0 Å². The Balaban J connectivity index is 2.46. The summed E-state index contributed by atoms with van der Waals surface area (Å²) in [5.41, 5.74) is 0.685. The number of Topliss-reactive ketones (excluding diaryl/α,β-unsaturated/α-hetero) is 1. The molecule has 0 aliphatic carbocycles. The Kier molecular flexibility index (Phi) is 6.16. The van der Waals surface area contributed by atoms with Gasteiger partial charge in [0.2, 0.25) is 0 Å². The van der Waals surface area contributed by atoms with E-state index in [1.54, 1.807) is 19.1 Å². The van der Waals surface area contributed by atoms with Crippen molar-refractivity contribution in [2.24, 2.45) is 0 Å². The maximum atomic E-state index is 12.0. The number of carbonyl (C=O) groups is 1. The molecule has 0 aliphatic rings. The number of benzene rings is 1. The van der Waals surface area contributed by atoms with Crippen molar-refractivity contribution >= 4 is 21.7 Å². The number of hydrogen-bond acceptors (Lipinski definition) is 2. The number of unbranched alkanes of at least 4 members (excludes halogenated alkanes) is 1. The van der Waals surface area contributed by atoms with E-state index in [1.807, 2.05) is 18.2 Å². The predicted molar refractivity (Wildman–Crippen MR) is 73.3 cm³/mol. The Hall–Kier alpha value is -0.930. The third kappa shape index (κ3) is 4.84. The van der Waals surface area contributed by atoms with E-state index in [9.17, 15) is 4.79 Å². The van der Waals surface area contributed by atoms with Crippen LogP contribution in [0.15, 0.2) is 41.4 Å². The standard InChI is InChI=1S/C14H17BrO2/c1-3-4-5-10-17-11(2)14(16)12-6-8-13(15)9-7-12/h3,6-9,11H,1,4-5,10H2,2H3. The highest BCUT2D eigenvalue weighted by Gasteiger charge is 2.14. The minimum Gasteiger partial charge on any atom is -0.370 e. The first kappa shape index (κ1) is 14.1. The highest BCUT2D eigenvalue weighted by molar-refractivity contribution is 9.10. The molecule has 3 heteroatoms. The number of allylic oxidation sites excluding steroid dienone is 1. The molecule has 1 rings (SSSR count). The van der Waals surface area contributed by atoms with Gasteiger partial charge >= 0.3 is 0 Å². The molecule has 1 aromatic rings. The molecule has 0 spiro atoms.